The van der Waals surface area contributed by atoms with Gasteiger partial charge in [-0.2, -0.15) is 0 Å². The number of amides is 1. The van der Waals surface area contributed by atoms with Crippen LogP contribution in [0.15, 0.2) is 83.3 Å². The molecule has 0 aliphatic carbocycles. The van der Waals surface area contributed by atoms with Gasteiger partial charge in [0.1, 0.15) is 23.7 Å². The lowest BCUT2D eigenvalue weighted by molar-refractivity contribution is 0.0954. The smallest absolute Gasteiger partial charge is 0.255 e. The van der Waals surface area contributed by atoms with Gasteiger partial charge >= 0.3 is 0 Å². The molecule has 1 amide bonds. The van der Waals surface area contributed by atoms with Crippen LogP contribution in [0.3, 0.4) is 0 Å². The average Bonchev–Trinajstić information content (AvgIpc) is 3.08. The number of carbonyl (C=O) groups is 1. The summed E-state index contributed by atoms with van der Waals surface area (Å²) in [5.74, 6) is 1.19. The molecule has 0 bridgehead atoms. The first-order valence-electron chi connectivity index (χ1n) is 9.73. The molecule has 0 fully saturated rings. The van der Waals surface area contributed by atoms with Crippen LogP contribution in [0.25, 0.3) is 11.0 Å². The van der Waals surface area contributed by atoms with Crippen molar-refractivity contribution in [2.24, 2.45) is 0 Å². The van der Waals surface area contributed by atoms with E-state index in [-0.39, 0.29) is 5.91 Å². The first-order valence-corrected chi connectivity index (χ1v) is 9.73. The summed E-state index contributed by atoms with van der Waals surface area (Å²) in [7, 11) is 0. The molecule has 0 spiro atoms. The van der Waals surface area contributed by atoms with Crippen LogP contribution in [0.1, 0.15) is 27.2 Å². The van der Waals surface area contributed by atoms with Crippen molar-refractivity contribution < 1.29 is 13.9 Å². The molecule has 0 unspecified atom stereocenters. The molecule has 0 aliphatic rings. The molecule has 0 saturated heterocycles. The minimum Gasteiger partial charge on any atom is -0.489 e. The molecule has 4 nitrogen and oxygen atoms in total. The second-order valence-corrected chi connectivity index (χ2v) is 6.96. The van der Waals surface area contributed by atoms with Crippen LogP contribution in [0.2, 0.25) is 0 Å². The summed E-state index contributed by atoms with van der Waals surface area (Å²) in [6.45, 7) is 2.86. The fraction of sp³-hybridized carbons (Fsp3) is 0.160. The highest BCUT2D eigenvalue weighted by atomic mass is 16.5. The number of rotatable bonds is 7. The summed E-state index contributed by atoms with van der Waals surface area (Å²) in [4.78, 5) is 12.8. The highest BCUT2D eigenvalue weighted by Gasteiger charge is 2.18. The van der Waals surface area contributed by atoms with E-state index in [0.29, 0.717) is 35.8 Å². The van der Waals surface area contributed by atoms with Gasteiger partial charge in [0.15, 0.2) is 0 Å². The van der Waals surface area contributed by atoms with Crippen molar-refractivity contribution in [3.05, 3.63) is 101 Å². The Morgan fingerprint density at radius 1 is 0.931 bits per heavy atom. The number of hydrogen-bond donors (Lipinski definition) is 1. The summed E-state index contributed by atoms with van der Waals surface area (Å²) in [5.41, 5.74) is 3.54. The van der Waals surface area contributed by atoms with E-state index in [2.05, 4.69) is 17.4 Å². The summed E-state index contributed by atoms with van der Waals surface area (Å²) in [5, 5.41) is 3.77. The maximum Gasteiger partial charge on any atom is 0.255 e. The van der Waals surface area contributed by atoms with Gasteiger partial charge in [0.25, 0.3) is 5.91 Å². The van der Waals surface area contributed by atoms with E-state index in [1.54, 1.807) is 0 Å². The Morgan fingerprint density at radius 3 is 2.34 bits per heavy atom. The SMILES string of the molecule is Cc1oc2ccc(OCc3ccccc3)cc2c1C(=O)NCCc1ccccc1. The van der Waals surface area contributed by atoms with Gasteiger partial charge < -0.3 is 14.5 Å². The minimum absolute atomic E-state index is 0.127. The van der Waals surface area contributed by atoms with Gasteiger partial charge in [-0.15, -0.1) is 0 Å². The van der Waals surface area contributed by atoms with E-state index in [0.717, 1.165) is 17.4 Å². The molecule has 0 atom stereocenters. The molecule has 0 saturated carbocycles. The van der Waals surface area contributed by atoms with Gasteiger partial charge in [0.05, 0.1) is 5.56 Å². The average molecular weight is 385 g/mol. The molecular formula is C25H23NO3. The van der Waals surface area contributed by atoms with Gasteiger partial charge in [-0.3, -0.25) is 4.79 Å². The molecule has 4 aromatic rings. The third kappa shape index (κ3) is 4.49. The number of ether oxygens (including phenoxy) is 1. The van der Waals surface area contributed by atoms with Crippen molar-refractivity contribution in [2.45, 2.75) is 20.0 Å². The Hall–Kier alpha value is -3.53. The number of fused-ring (bicyclic) bond motifs is 1. The highest BCUT2D eigenvalue weighted by Crippen LogP contribution is 2.29. The highest BCUT2D eigenvalue weighted by molar-refractivity contribution is 6.07. The lowest BCUT2D eigenvalue weighted by Gasteiger charge is -2.07. The van der Waals surface area contributed by atoms with Crippen molar-refractivity contribution in [3.63, 3.8) is 0 Å². The van der Waals surface area contributed by atoms with Gasteiger partial charge in [-0.25, -0.2) is 0 Å². The van der Waals surface area contributed by atoms with Crippen LogP contribution >= 0.6 is 0 Å². The first kappa shape index (κ1) is 18.8. The van der Waals surface area contributed by atoms with Crippen LogP contribution in [0.4, 0.5) is 0 Å². The Balaban J connectivity index is 1.47. The molecule has 4 rings (SSSR count). The molecular weight excluding hydrogens is 362 g/mol. The number of carbonyl (C=O) groups excluding carboxylic acids is 1. The van der Waals surface area contributed by atoms with E-state index in [1.165, 1.54) is 5.56 Å². The quantitative estimate of drug-likeness (QED) is 0.470. The Kier molecular flexibility index (Phi) is 5.61. The molecule has 3 aromatic carbocycles. The van der Waals surface area contributed by atoms with Crippen molar-refractivity contribution in [1.82, 2.24) is 5.32 Å². The predicted molar refractivity (Wildman–Crippen MR) is 114 cm³/mol. The zero-order chi connectivity index (χ0) is 20.1. The second-order valence-electron chi connectivity index (χ2n) is 6.96. The first-order chi connectivity index (χ1) is 14.2. The van der Waals surface area contributed by atoms with E-state index >= 15 is 0 Å². The Bertz CT molecular complexity index is 1100. The van der Waals surface area contributed by atoms with E-state index in [1.807, 2.05) is 73.7 Å². The molecule has 29 heavy (non-hydrogen) atoms. The second kappa shape index (κ2) is 8.65. The minimum atomic E-state index is -0.127. The number of aryl methyl sites for hydroxylation is 1. The summed E-state index contributed by atoms with van der Waals surface area (Å²) < 4.78 is 11.7. The zero-order valence-corrected chi connectivity index (χ0v) is 16.4. The molecule has 1 aromatic heterocycles. The van der Waals surface area contributed by atoms with E-state index in [4.69, 9.17) is 9.15 Å². The number of hydrogen-bond acceptors (Lipinski definition) is 3. The number of furan rings is 1. The molecule has 1 heterocycles. The maximum absolute atomic E-state index is 12.8. The molecule has 0 aliphatic heterocycles. The van der Waals surface area contributed by atoms with Gasteiger partial charge in [-0.1, -0.05) is 60.7 Å². The lowest BCUT2D eigenvalue weighted by Crippen LogP contribution is -2.26. The van der Waals surface area contributed by atoms with Gasteiger partial charge in [0, 0.05) is 11.9 Å². The van der Waals surface area contributed by atoms with Crippen molar-refractivity contribution in [1.29, 1.82) is 0 Å². The van der Waals surface area contributed by atoms with Crippen molar-refractivity contribution in [2.75, 3.05) is 6.54 Å². The predicted octanol–water partition coefficient (Wildman–Crippen LogP) is 5.29. The number of nitrogens with one attached hydrogen (secondary N) is 1. The van der Waals surface area contributed by atoms with Crippen LogP contribution in [-0.2, 0) is 13.0 Å². The summed E-state index contributed by atoms with van der Waals surface area (Å²) >= 11 is 0. The van der Waals surface area contributed by atoms with Crippen molar-refractivity contribution in [3.8, 4) is 5.75 Å². The van der Waals surface area contributed by atoms with Crippen LogP contribution in [0.5, 0.6) is 5.75 Å². The molecule has 1 N–H and O–H groups in total. The van der Waals surface area contributed by atoms with Crippen LogP contribution < -0.4 is 10.1 Å². The van der Waals surface area contributed by atoms with E-state index in [9.17, 15) is 4.79 Å². The fourth-order valence-electron chi connectivity index (χ4n) is 3.37. The zero-order valence-electron chi connectivity index (χ0n) is 16.4. The van der Waals surface area contributed by atoms with Crippen LogP contribution in [0, 0.1) is 6.92 Å². The molecule has 0 radical (unpaired) electrons. The monoisotopic (exact) mass is 385 g/mol. The third-order valence-corrected chi connectivity index (χ3v) is 4.85. The standard InChI is InChI=1S/C25H23NO3/c1-18-24(25(27)26-15-14-19-8-4-2-5-9-19)22-16-21(12-13-23(22)29-18)28-17-20-10-6-3-7-11-20/h2-13,16H,14-15,17H2,1H3,(H,26,27). The molecule has 4 heteroatoms. The normalized spacial score (nSPS) is 10.8. The van der Waals surface area contributed by atoms with Gasteiger partial charge in [0.2, 0.25) is 0 Å². The van der Waals surface area contributed by atoms with Crippen LogP contribution in [-0.4, -0.2) is 12.5 Å². The Labute approximate surface area is 170 Å². The Morgan fingerprint density at radius 2 is 1.62 bits per heavy atom. The fourth-order valence-corrected chi connectivity index (χ4v) is 3.37. The largest absolute Gasteiger partial charge is 0.489 e. The lowest BCUT2D eigenvalue weighted by atomic mass is 10.1. The summed E-state index contributed by atoms with van der Waals surface area (Å²) in [6.07, 6.45) is 0.785. The topological polar surface area (TPSA) is 51.5 Å². The number of benzene rings is 3. The maximum atomic E-state index is 12.8. The van der Waals surface area contributed by atoms with E-state index < -0.39 is 0 Å². The van der Waals surface area contributed by atoms with Crippen molar-refractivity contribution >= 4 is 16.9 Å². The summed E-state index contributed by atoms with van der Waals surface area (Å²) in [6, 6.07) is 25.7. The molecule has 146 valence electrons. The van der Waals surface area contributed by atoms with Gasteiger partial charge in [-0.05, 0) is 42.7 Å². The third-order valence-electron chi connectivity index (χ3n) is 4.85.